The molecule has 1 aromatic carbocycles. The van der Waals surface area contributed by atoms with E-state index in [-0.39, 0.29) is 0 Å². The summed E-state index contributed by atoms with van der Waals surface area (Å²) in [7, 11) is 0. The molecule has 0 spiro atoms. The van der Waals surface area contributed by atoms with E-state index in [0.29, 0.717) is 23.9 Å². The largest absolute Gasteiger partial charge is 0.472 e. The average Bonchev–Trinajstić information content (AvgIpc) is 3.28. The lowest BCUT2D eigenvalue weighted by atomic mass is 10.2. The number of hydrogen-bond acceptors (Lipinski definition) is 6. The maximum absolute atomic E-state index is 5.95. The molecule has 5 aromatic rings. The van der Waals surface area contributed by atoms with Crippen molar-refractivity contribution in [3.05, 3.63) is 54.6 Å². The van der Waals surface area contributed by atoms with E-state index < -0.39 is 0 Å². The van der Waals surface area contributed by atoms with Crippen molar-refractivity contribution >= 4 is 27.7 Å². The highest BCUT2D eigenvalue weighted by atomic mass is 16.5. The summed E-state index contributed by atoms with van der Waals surface area (Å²) in [6, 6.07) is 9.93. The number of aromatic nitrogens is 7. The van der Waals surface area contributed by atoms with E-state index in [1.807, 2.05) is 30.3 Å². The third-order valence-electron chi connectivity index (χ3n) is 3.84. The fraction of sp³-hybridized carbons (Fsp3) is 0.0625. The second-order valence-electron chi connectivity index (χ2n) is 5.32. The van der Waals surface area contributed by atoms with Crippen molar-refractivity contribution in [3.8, 4) is 5.88 Å². The molecule has 0 unspecified atom stereocenters. The van der Waals surface area contributed by atoms with E-state index >= 15 is 0 Å². The van der Waals surface area contributed by atoms with Crippen LogP contribution >= 0.6 is 0 Å². The van der Waals surface area contributed by atoms with E-state index in [4.69, 9.17) is 4.74 Å². The fourth-order valence-electron chi connectivity index (χ4n) is 2.73. The molecular weight excluding hydrogens is 306 g/mol. The van der Waals surface area contributed by atoms with Crippen LogP contribution in [0.4, 0.5) is 0 Å². The molecule has 0 fully saturated rings. The molecule has 5 rings (SSSR count). The number of nitrogens with zero attached hydrogens (tertiary/aromatic N) is 6. The van der Waals surface area contributed by atoms with Crippen molar-refractivity contribution in [3.63, 3.8) is 0 Å². The first-order chi connectivity index (χ1) is 11.9. The summed E-state index contributed by atoms with van der Waals surface area (Å²) < 4.78 is 7.62. The molecule has 0 saturated heterocycles. The van der Waals surface area contributed by atoms with Crippen molar-refractivity contribution in [2.45, 2.75) is 6.61 Å². The van der Waals surface area contributed by atoms with Gasteiger partial charge in [0.1, 0.15) is 12.9 Å². The topological polar surface area (TPSA) is 93.9 Å². The zero-order valence-corrected chi connectivity index (χ0v) is 12.4. The zero-order valence-electron chi connectivity index (χ0n) is 12.4. The Kier molecular flexibility index (Phi) is 2.69. The Morgan fingerprint density at radius 2 is 1.96 bits per heavy atom. The SMILES string of the molecule is c1ccc(COc2nc3ncnn3c3c2cnc2[nH]ncc23)cc1. The zero-order chi connectivity index (χ0) is 15.9. The lowest BCUT2D eigenvalue weighted by molar-refractivity contribution is 0.298. The molecule has 4 heterocycles. The van der Waals surface area contributed by atoms with Crippen LogP contribution < -0.4 is 4.74 Å². The summed E-state index contributed by atoms with van der Waals surface area (Å²) in [6.07, 6.45) is 4.89. The number of hydrogen-bond donors (Lipinski definition) is 1. The van der Waals surface area contributed by atoms with Gasteiger partial charge in [0, 0.05) is 6.20 Å². The van der Waals surface area contributed by atoms with E-state index in [1.165, 1.54) is 6.33 Å². The van der Waals surface area contributed by atoms with E-state index in [1.54, 1.807) is 16.9 Å². The molecule has 0 aliphatic carbocycles. The van der Waals surface area contributed by atoms with Gasteiger partial charge in [-0.15, -0.1) is 0 Å². The molecule has 0 atom stereocenters. The van der Waals surface area contributed by atoms with Crippen molar-refractivity contribution in [1.29, 1.82) is 0 Å². The number of pyridine rings is 1. The van der Waals surface area contributed by atoms with Gasteiger partial charge in [-0.1, -0.05) is 30.3 Å². The number of H-pyrrole nitrogens is 1. The van der Waals surface area contributed by atoms with Gasteiger partial charge in [0.05, 0.1) is 22.5 Å². The molecule has 0 bridgehead atoms. The van der Waals surface area contributed by atoms with Gasteiger partial charge in [-0.05, 0) is 5.56 Å². The van der Waals surface area contributed by atoms with Crippen LogP contribution in [0.1, 0.15) is 5.56 Å². The molecule has 0 saturated carbocycles. The highest BCUT2D eigenvalue weighted by molar-refractivity contribution is 6.04. The molecule has 8 heteroatoms. The van der Waals surface area contributed by atoms with E-state index in [9.17, 15) is 0 Å². The van der Waals surface area contributed by atoms with Gasteiger partial charge < -0.3 is 4.74 Å². The Morgan fingerprint density at radius 1 is 1.04 bits per heavy atom. The first-order valence-corrected chi connectivity index (χ1v) is 7.38. The summed E-state index contributed by atoms with van der Waals surface area (Å²) in [5, 5.41) is 12.8. The van der Waals surface area contributed by atoms with Crippen LogP contribution in [0, 0.1) is 0 Å². The quantitative estimate of drug-likeness (QED) is 0.548. The first-order valence-electron chi connectivity index (χ1n) is 7.38. The predicted octanol–water partition coefficient (Wildman–Crippen LogP) is 2.13. The summed E-state index contributed by atoms with van der Waals surface area (Å²) in [4.78, 5) is 13.0. The van der Waals surface area contributed by atoms with E-state index in [2.05, 4.69) is 30.2 Å². The summed E-state index contributed by atoms with van der Waals surface area (Å²) in [5.74, 6) is 0.948. The standard InChI is InChI=1S/C16H11N7O/c1-2-4-10(5-3-1)8-24-15-12-6-17-14-11(7-19-22-14)13(12)23-16(21-15)18-9-20-23/h1-7,9H,8H2,(H,17,19,22). The minimum Gasteiger partial charge on any atom is -0.472 e. The maximum Gasteiger partial charge on any atom is 0.256 e. The Labute approximate surface area is 135 Å². The molecule has 24 heavy (non-hydrogen) atoms. The highest BCUT2D eigenvalue weighted by Crippen LogP contribution is 2.28. The van der Waals surface area contributed by atoms with Crippen molar-refractivity contribution in [1.82, 2.24) is 34.8 Å². The number of aromatic amines is 1. The normalized spacial score (nSPS) is 11.5. The lowest BCUT2D eigenvalue weighted by Gasteiger charge is -2.09. The number of nitrogens with one attached hydrogen (secondary N) is 1. The van der Waals surface area contributed by atoms with Crippen molar-refractivity contribution in [2.75, 3.05) is 0 Å². The summed E-state index contributed by atoms with van der Waals surface area (Å²) in [5.41, 5.74) is 2.56. The maximum atomic E-state index is 5.95. The molecule has 0 radical (unpaired) electrons. The monoisotopic (exact) mass is 317 g/mol. The highest BCUT2D eigenvalue weighted by Gasteiger charge is 2.15. The van der Waals surface area contributed by atoms with Crippen LogP contribution in [-0.4, -0.2) is 34.8 Å². The van der Waals surface area contributed by atoms with Crippen LogP contribution in [0.3, 0.4) is 0 Å². The third-order valence-corrected chi connectivity index (χ3v) is 3.84. The average molecular weight is 317 g/mol. The minimum atomic E-state index is 0.413. The van der Waals surface area contributed by atoms with Crippen LogP contribution in [0.25, 0.3) is 27.7 Å². The molecule has 0 amide bonds. The van der Waals surface area contributed by atoms with E-state index in [0.717, 1.165) is 21.9 Å². The van der Waals surface area contributed by atoms with Crippen LogP contribution in [0.5, 0.6) is 5.88 Å². The smallest absolute Gasteiger partial charge is 0.256 e. The second-order valence-corrected chi connectivity index (χ2v) is 5.32. The van der Waals surface area contributed by atoms with Gasteiger partial charge in [-0.3, -0.25) is 5.10 Å². The number of rotatable bonds is 3. The Hall–Kier alpha value is -3.55. The molecule has 8 nitrogen and oxygen atoms in total. The number of ether oxygens (including phenoxy) is 1. The lowest BCUT2D eigenvalue weighted by Crippen LogP contribution is -2.02. The minimum absolute atomic E-state index is 0.413. The van der Waals surface area contributed by atoms with Gasteiger partial charge >= 0.3 is 0 Å². The Morgan fingerprint density at radius 3 is 2.88 bits per heavy atom. The fourth-order valence-corrected chi connectivity index (χ4v) is 2.73. The summed E-state index contributed by atoms with van der Waals surface area (Å²) >= 11 is 0. The molecule has 0 aliphatic heterocycles. The van der Waals surface area contributed by atoms with Gasteiger partial charge in [-0.25, -0.2) is 4.98 Å². The van der Waals surface area contributed by atoms with Crippen LogP contribution in [0.15, 0.2) is 49.1 Å². The molecule has 116 valence electrons. The van der Waals surface area contributed by atoms with Gasteiger partial charge in [-0.2, -0.15) is 24.7 Å². The van der Waals surface area contributed by atoms with Crippen molar-refractivity contribution < 1.29 is 4.74 Å². The molecule has 1 N–H and O–H groups in total. The summed E-state index contributed by atoms with van der Waals surface area (Å²) in [6.45, 7) is 0.413. The van der Waals surface area contributed by atoms with Gasteiger partial charge in [0.15, 0.2) is 5.65 Å². The Balaban J connectivity index is 1.72. The second kappa shape index (κ2) is 4.98. The van der Waals surface area contributed by atoms with Gasteiger partial charge in [0.2, 0.25) is 5.88 Å². The van der Waals surface area contributed by atoms with Crippen LogP contribution in [-0.2, 0) is 6.61 Å². The number of fused-ring (bicyclic) bond motifs is 5. The van der Waals surface area contributed by atoms with Crippen LogP contribution in [0.2, 0.25) is 0 Å². The first kappa shape index (κ1) is 12.9. The van der Waals surface area contributed by atoms with Crippen molar-refractivity contribution in [2.24, 2.45) is 0 Å². The molecule has 4 aromatic heterocycles. The Bertz CT molecular complexity index is 1150. The number of benzene rings is 1. The molecular formula is C16H11N7O. The van der Waals surface area contributed by atoms with Gasteiger partial charge in [0.25, 0.3) is 5.78 Å². The third kappa shape index (κ3) is 1.89. The predicted molar refractivity (Wildman–Crippen MR) is 86.5 cm³/mol. The molecule has 0 aliphatic rings.